The number of carboxylic acid groups (broad SMARTS) is 1. The molecule has 0 aliphatic carbocycles. The number of carbonyl (C=O) groups is 2. The molecule has 1 aliphatic heterocycles. The molecule has 1 aromatic carbocycles. The molecule has 0 radical (unpaired) electrons. The first-order valence-corrected chi connectivity index (χ1v) is 8.13. The van der Waals surface area contributed by atoms with Gasteiger partial charge in [0, 0.05) is 13.0 Å². The topological polar surface area (TPSA) is 88.3 Å². The Kier molecular flexibility index (Phi) is 4.78. The van der Waals surface area contributed by atoms with E-state index < -0.39 is 23.9 Å². The number of rotatable bonds is 5. The van der Waals surface area contributed by atoms with Crippen molar-refractivity contribution < 1.29 is 19.1 Å². The Morgan fingerprint density at radius 2 is 2.28 bits per heavy atom. The molecule has 2 unspecified atom stereocenters. The number of carboxylic acids is 1. The molecule has 1 amide bonds. The van der Waals surface area contributed by atoms with Crippen molar-refractivity contribution in [2.24, 2.45) is 0 Å². The van der Waals surface area contributed by atoms with Gasteiger partial charge in [-0.05, 0) is 37.5 Å². The minimum atomic E-state index is -1.11. The molecule has 1 aromatic heterocycles. The van der Waals surface area contributed by atoms with Gasteiger partial charge in [0.25, 0.3) is 0 Å². The van der Waals surface area contributed by atoms with Gasteiger partial charge in [0.15, 0.2) is 0 Å². The van der Waals surface area contributed by atoms with E-state index in [9.17, 15) is 19.1 Å². The number of carbonyl (C=O) groups excluding carboxylic acids is 1. The predicted molar refractivity (Wildman–Crippen MR) is 86.0 cm³/mol. The number of benzene rings is 1. The number of nitrogens with zero attached hydrogens (tertiary/aromatic N) is 4. The summed E-state index contributed by atoms with van der Waals surface area (Å²) in [6.45, 7) is 1.48. The lowest BCUT2D eigenvalue weighted by atomic mass is 10.0. The standard InChI is InChI=1S/C17H19FN4O3/c1-11(17(24)25)21(9-12-4-2-5-13(18)8-12)16(23)14-6-3-7-15-20-19-10-22(14)15/h2,4-5,8,10-11,14H,3,6-7,9H2,1H3,(H,24,25). The first kappa shape index (κ1) is 17.1. The number of fused-ring (bicyclic) bond motifs is 1. The third kappa shape index (κ3) is 3.52. The van der Waals surface area contributed by atoms with Crippen LogP contribution >= 0.6 is 0 Å². The summed E-state index contributed by atoms with van der Waals surface area (Å²) in [7, 11) is 0. The zero-order chi connectivity index (χ0) is 18.0. The summed E-state index contributed by atoms with van der Waals surface area (Å²) in [6.07, 6.45) is 3.62. The molecule has 0 saturated heterocycles. The molecule has 25 heavy (non-hydrogen) atoms. The monoisotopic (exact) mass is 346 g/mol. The zero-order valence-corrected chi connectivity index (χ0v) is 13.8. The molecule has 1 aliphatic rings. The van der Waals surface area contributed by atoms with Gasteiger partial charge in [-0.25, -0.2) is 9.18 Å². The molecule has 0 saturated carbocycles. The van der Waals surface area contributed by atoms with Crippen LogP contribution in [0.1, 0.15) is 37.2 Å². The summed E-state index contributed by atoms with van der Waals surface area (Å²) in [5.41, 5.74) is 0.543. The number of amides is 1. The minimum absolute atomic E-state index is 0.0258. The highest BCUT2D eigenvalue weighted by molar-refractivity contribution is 5.86. The third-order valence-corrected chi connectivity index (χ3v) is 4.50. The van der Waals surface area contributed by atoms with Gasteiger partial charge in [0.05, 0.1) is 0 Å². The Balaban J connectivity index is 1.89. The van der Waals surface area contributed by atoms with Gasteiger partial charge in [0.1, 0.15) is 30.1 Å². The van der Waals surface area contributed by atoms with Crippen LogP contribution in [-0.2, 0) is 22.6 Å². The largest absolute Gasteiger partial charge is 0.480 e. The molecule has 0 spiro atoms. The van der Waals surface area contributed by atoms with E-state index in [0.717, 1.165) is 18.7 Å². The van der Waals surface area contributed by atoms with Crippen molar-refractivity contribution in [2.45, 2.75) is 44.8 Å². The van der Waals surface area contributed by atoms with Gasteiger partial charge in [-0.15, -0.1) is 10.2 Å². The molecule has 0 bridgehead atoms. The first-order valence-electron chi connectivity index (χ1n) is 8.13. The van der Waals surface area contributed by atoms with Crippen LogP contribution < -0.4 is 0 Å². The summed E-state index contributed by atoms with van der Waals surface area (Å²) in [6, 6.07) is 4.26. The van der Waals surface area contributed by atoms with Crippen molar-refractivity contribution in [3.63, 3.8) is 0 Å². The van der Waals surface area contributed by atoms with Gasteiger partial charge in [-0.3, -0.25) is 4.79 Å². The van der Waals surface area contributed by atoms with Crippen LogP contribution in [0.3, 0.4) is 0 Å². The smallest absolute Gasteiger partial charge is 0.326 e. The maximum absolute atomic E-state index is 13.4. The fraction of sp³-hybridized carbons (Fsp3) is 0.412. The second-order valence-corrected chi connectivity index (χ2v) is 6.17. The summed E-state index contributed by atoms with van der Waals surface area (Å²) in [5, 5.41) is 17.2. The van der Waals surface area contributed by atoms with Gasteiger partial charge >= 0.3 is 5.97 Å². The Labute approximate surface area is 144 Å². The van der Waals surface area contributed by atoms with E-state index >= 15 is 0 Å². The number of halogens is 1. The lowest BCUT2D eigenvalue weighted by Gasteiger charge is -2.32. The molecule has 2 atom stereocenters. The average molecular weight is 346 g/mol. The maximum atomic E-state index is 13.4. The van der Waals surface area contributed by atoms with E-state index in [1.54, 1.807) is 10.6 Å². The van der Waals surface area contributed by atoms with Crippen LogP contribution in [-0.4, -0.2) is 42.7 Å². The van der Waals surface area contributed by atoms with Crippen molar-refractivity contribution in [3.05, 3.63) is 47.8 Å². The van der Waals surface area contributed by atoms with Crippen molar-refractivity contribution in [1.29, 1.82) is 0 Å². The third-order valence-electron chi connectivity index (χ3n) is 4.50. The molecule has 7 nitrogen and oxygen atoms in total. The zero-order valence-electron chi connectivity index (χ0n) is 13.8. The fourth-order valence-electron chi connectivity index (χ4n) is 3.10. The van der Waals surface area contributed by atoms with Crippen molar-refractivity contribution in [1.82, 2.24) is 19.7 Å². The van der Waals surface area contributed by atoms with Crippen molar-refractivity contribution in [3.8, 4) is 0 Å². The van der Waals surface area contributed by atoms with E-state index in [1.807, 2.05) is 0 Å². The number of aryl methyl sites for hydroxylation is 1. The lowest BCUT2D eigenvalue weighted by molar-refractivity contribution is -0.151. The average Bonchev–Trinajstić information content (AvgIpc) is 3.07. The molecular weight excluding hydrogens is 327 g/mol. The van der Waals surface area contributed by atoms with Crippen LogP contribution in [0.25, 0.3) is 0 Å². The Hall–Kier alpha value is -2.77. The fourth-order valence-corrected chi connectivity index (χ4v) is 3.10. The van der Waals surface area contributed by atoms with Crippen molar-refractivity contribution in [2.75, 3.05) is 0 Å². The molecule has 2 aromatic rings. The van der Waals surface area contributed by atoms with E-state index in [4.69, 9.17) is 0 Å². The molecular formula is C17H19FN4O3. The number of hydrogen-bond acceptors (Lipinski definition) is 4. The Morgan fingerprint density at radius 3 is 3.00 bits per heavy atom. The predicted octanol–water partition coefficient (Wildman–Crippen LogP) is 1.80. The summed E-state index contributed by atoms with van der Waals surface area (Å²) in [5.74, 6) is -1.13. The van der Waals surface area contributed by atoms with Gasteiger partial charge in [-0.2, -0.15) is 0 Å². The molecule has 0 fully saturated rings. The molecule has 2 heterocycles. The van der Waals surface area contributed by atoms with E-state index in [-0.39, 0.29) is 12.5 Å². The summed E-state index contributed by atoms with van der Waals surface area (Å²) >= 11 is 0. The van der Waals surface area contributed by atoms with Crippen LogP contribution in [0.2, 0.25) is 0 Å². The Bertz CT molecular complexity index is 792. The SMILES string of the molecule is CC(C(=O)O)N(Cc1cccc(F)c1)C(=O)C1CCCc2nncn21. The van der Waals surface area contributed by atoms with Gasteiger partial charge in [-0.1, -0.05) is 12.1 Å². The quantitative estimate of drug-likeness (QED) is 0.892. The lowest BCUT2D eigenvalue weighted by Crippen LogP contribution is -2.46. The normalized spacial score (nSPS) is 17.6. The summed E-state index contributed by atoms with van der Waals surface area (Å²) < 4.78 is 15.2. The van der Waals surface area contributed by atoms with Gasteiger partial charge < -0.3 is 14.6 Å². The highest BCUT2D eigenvalue weighted by atomic mass is 19.1. The van der Waals surface area contributed by atoms with E-state index in [0.29, 0.717) is 12.0 Å². The van der Waals surface area contributed by atoms with E-state index in [1.165, 1.54) is 36.4 Å². The second-order valence-electron chi connectivity index (χ2n) is 6.17. The van der Waals surface area contributed by atoms with Crippen LogP contribution in [0.4, 0.5) is 4.39 Å². The Morgan fingerprint density at radius 1 is 1.48 bits per heavy atom. The highest BCUT2D eigenvalue weighted by Crippen LogP contribution is 2.26. The highest BCUT2D eigenvalue weighted by Gasteiger charge is 2.34. The molecule has 8 heteroatoms. The number of aromatic nitrogens is 3. The molecule has 1 N–H and O–H groups in total. The second kappa shape index (κ2) is 7.00. The van der Waals surface area contributed by atoms with Crippen LogP contribution in [0.15, 0.2) is 30.6 Å². The minimum Gasteiger partial charge on any atom is -0.480 e. The van der Waals surface area contributed by atoms with Crippen LogP contribution in [0, 0.1) is 5.82 Å². The summed E-state index contributed by atoms with van der Waals surface area (Å²) in [4.78, 5) is 25.8. The van der Waals surface area contributed by atoms with Crippen LogP contribution in [0.5, 0.6) is 0 Å². The molecule has 3 rings (SSSR count). The number of aliphatic carboxylic acids is 1. The van der Waals surface area contributed by atoms with E-state index in [2.05, 4.69) is 10.2 Å². The molecule has 132 valence electrons. The van der Waals surface area contributed by atoms with Crippen molar-refractivity contribution >= 4 is 11.9 Å². The van der Waals surface area contributed by atoms with Gasteiger partial charge in [0.2, 0.25) is 5.91 Å². The maximum Gasteiger partial charge on any atom is 0.326 e. The number of hydrogen-bond donors (Lipinski definition) is 1. The first-order chi connectivity index (χ1) is 12.0.